The van der Waals surface area contributed by atoms with Crippen LogP contribution < -0.4 is 10.1 Å². The fourth-order valence-corrected chi connectivity index (χ4v) is 1.74. The number of rotatable bonds is 3. The minimum absolute atomic E-state index is 0.0364. The maximum atomic E-state index is 13.5. The zero-order chi connectivity index (χ0) is 13.3. The van der Waals surface area contributed by atoms with Gasteiger partial charge >= 0.3 is 6.18 Å². The maximum absolute atomic E-state index is 13.5. The van der Waals surface area contributed by atoms with Crippen LogP contribution in [0, 0.1) is 18.7 Å². The molecule has 0 atom stereocenters. The second-order valence-electron chi connectivity index (χ2n) is 4.43. The number of nitrogens with one attached hydrogen (secondary N) is 1. The summed E-state index contributed by atoms with van der Waals surface area (Å²) in [5.41, 5.74) is -0.997. The van der Waals surface area contributed by atoms with Gasteiger partial charge < -0.3 is 10.1 Å². The van der Waals surface area contributed by atoms with E-state index in [0.717, 1.165) is 19.2 Å². The Morgan fingerprint density at radius 1 is 1.33 bits per heavy atom. The summed E-state index contributed by atoms with van der Waals surface area (Å²) in [6.45, 7) is 3.19. The minimum atomic E-state index is -4.54. The maximum Gasteiger partial charge on any atom is 0.416 e. The summed E-state index contributed by atoms with van der Waals surface area (Å²) in [6, 6.07) is 1.59. The smallest absolute Gasteiger partial charge is 0.416 e. The Morgan fingerprint density at radius 3 is 2.50 bits per heavy atom. The summed E-state index contributed by atoms with van der Waals surface area (Å²) >= 11 is 0. The topological polar surface area (TPSA) is 21.3 Å². The van der Waals surface area contributed by atoms with Crippen molar-refractivity contribution in [2.45, 2.75) is 13.1 Å². The fourth-order valence-electron chi connectivity index (χ4n) is 1.74. The van der Waals surface area contributed by atoms with Crippen LogP contribution in [0.25, 0.3) is 0 Å². The molecule has 1 aromatic carbocycles. The van der Waals surface area contributed by atoms with Crippen molar-refractivity contribution in [2.24, 2.45) is 5.92 Å². The Morgan fingerprint density at radius 2 is 2.00 bits per heavy atom. The van der Waals surface area contributed by atoms with Crippen molar-refractivity contribution in [3.05, 3.63) is 29.1 Å². The Hall–Kier alpha value is -1.30. The van der Waals surface area contributed by atoms with Gasteiger partial charge in [-0.1, -0.05) is 0 Å². The van der Waals surface area contributed by atoms with Gasteiger partial charge in [-0.05, 0) is 24.6 Å². The fraction of sp³-hybridized carbons (Fsp3) is 0.500. The van der Waals surface area contributed by atoms with E-state index in [0.29, 0.717) is 18.6 Å². The van der Waals surface area contributed by atoms with Crippen molar-refractivity contribution < 1.29 is 22.3 Å². The molecule has 0 aromatic heterocycles. The monoisotopic (exact) mass is 263 g/mol. The van der Waals surface area contributed by atoms with E-state index in [1.807, 2.05) is 0 Å². The third-order valence-electron chi connectivity index (χ3n) is 2.92. The summed E-state index contributed by atoms with van der Waals surface area (Å²) in [7, 11) is 0. The molecule has 1 heterocycles. The first-order chi connectivity index (χ1) is 8.38. The molecular formula is C12H13F4NO. The summed E-state index contributed by atoms with van der Waals surface area (Å²) in [6.07, 6.45) is -4.54. The molecule has 6 heteroatoms. The van der Waals surface area contributed by atoms with Crippen LogP contribution in [-0.2, 0) is 6.18 Å². The second-order valence-corrected chi connectivity index (χ2v) is 4.43. The molecule has 0 saturated carbocycles. The number of halogens is 4. The molecule has 1 aliphatic heterocycles. The molecule has 2 nitrogen and oxygen atoms in total. The molecule has 2 rings (SSSR count). The Balaban J connectivity index is 2.14. The van der Waals surface area contributed by atoms with Crippen LogP contribution in [0.4, 0.5) is 17.6 Å². The predicted molar refractivity (Wildman–Crippen MR) is 58.0 cm³/mol. The first-order valence-electron chi connectivity index (χ1n) is 5.59. The van der Waals surface area contributed by atoms with Gasteiger partial charge in [0.1, 0.15) is 0 Å². The lowest BCUT2D eigenvalue weighted by Crippen LogP contribution is -2.45. The van der Waals surface area contributed by atoms with Crippen molar-refractivity contribution >= 4 is 0 Å². The molecule has 0 aliphatic carbocycles. The average molecular weight is 263 g/mol. The standard InChI is InChI=1S/C12H13F4NO/c1-7-2-11(18-6-8-4-17-5-8)10(13)3-9(7)12(14,15)16/h2-3,8,17H,4-6H2,1H3. The number of benzene rings is 1. The van der Waals surface area contributed by atoms with Crippen molar-refractivity contribution in [3.8, 4) is 5.75 Å². The van der Waals surface area contributed by atoms with Crippen molar-refractivity contribution in [3.63, 3.8) is 0 Å². The summed E-state index contributed by atoms with van der Waals surface area (Å²) in [5, 5.41) is 3.03. The third kappa shape index (κ3) is 2.75. The number of hydrogen-bond donors (Lipinski definition) is 1. The van der Waals surface area contributed by atoms with E-state index in [2.05, 4.69) is 5.32 Å². The first-order valence-corrected chi connectivity index (χ1v) is 5.59. The molecule has 0 spiro atoms. The lowest BCUT2D eigenvalue weighted by atomic mass is 10.1. The molecule has 1 aromatic rings. The summed E-state index contributed by atoms with van der Waals surface area (Å²) in [5.74, 6) is -0.792. The summed E-state index contributed by atoms with van der Waals surface area (Å²) < 4.78 is 56.3. The normalized spacial score (nSPS) is 16.5. The third-order valence-corrected chi connectivity index (χ3v) is 2.92. The summed E-state index contributed by atoms with van der Waals surface area (Å²) in [4.78, 5) is 0. The lowest BCUT2D eigenvalue weighted by molar-refractivity contribution is -0.138. The van der Waals surface area contributed by atoms with Gasteiger partial charge in [-0.2, -0.15) is 13.2 Å². The highest BCUT2D eigenvalue weighted by Gasteiger charge is 2.33. The Bertz CT molecular complexity index is 440. The van der Waals surface area contributed by atoms with Crippen LogP contribution in [0.2, 0.25) is 0 Å². The molecule has 0 unspecified atom stereocenters. The first kappa shape index (κ1) is 13.1. The molecule has 100 valence electrons. The minimum Gasteiger partial charge on any atom is -0.490 e. The molecule has 0 bridgehead atoms. The van der Waals surface area contributed by atoms with Crippen molar-refractivity contribution in [2.75, 3.05) is 19.7 Å². The van der Waals surface area contributed by atoms with Gasteiger partial charge in [0.2, 0.25) is 0 Å². The Labute approximate surface area is 102 Å². The van der Waals surface area contributed by atoms with Crippen LogP contribution in [0.15, 0.2) is 12.1 Å². The number of hydrogen-bond acceptors (Lipinski definition) is 2. The predicted octanol–water partition coefficient (Wildman–Crippen LogP) is 2.75. The highest BCUT2D eigenvalue weighted by molar-refractivity contribution is 5.37. The van der Waals surface area contributed by atoms with Crippen LogP contribution in [0.5, 0.6) is 5.75 Å². The SMILES string of the molecule is Cc1cc(OCC2CNC2)c(F)cc1C(F)(F)F. The van der Waals surface area contributed by atoms with Gasteiger partial charge in [0, 0.05) is 19.0 Å². The van der Waals surface area contributed by atoms with Crippen molar-refractivity contribution in [1.29, 1.82) is 0 Å². The number of aryl methyl sites for hydroxylation is 1. The van der Waals surface area contributed by atoms with Crippen LogP contribution in [0.1, 0.15) is 11.1 Å². The molecule has 0 radical (unpaired) electrons. The molecule has 1 N–H and O–H groups in total. The molecule has 18 heavy (non-hydrogen) atoms. The van der Waals surface area contributed by atoms with Gasteiger partial charge in [0.15, 0.2) is 11.6 Å². The molecule has 1 aliphatic rings. The number of ether oxygens (including phenoxy) is 1. The van der Waals surface area contributed by atoms with Crippen LogP contribution >= 0.6 is 0 Å². The van der Waals surface area contributed by atoms with Gasteiger partial charge in [0.05, 0.1) is 12.2 Å². The highest BCUT2D eigenvalue weighted by atomic mass is 19.4. The van der Waals surface area contributed by atoms with Crippen molar-refractivity contribution in [1.82, 2.24) is 5.32 Å². The molecule has 1 fully saturated rings. The molecule has 0 amide bonds. The van der Waals surface area contributed by atoms with Gasteiger partial charge in [0.25, 0.3) is 0 Å². The second kappa shape index (κ2) is 4.76. The van der Waals surface area contributed by atoms with E-state index in [9.17, 15) is 17.6 Å². The van der Waals surface area contributed by atoms with Gasteiger partial charge in [-0.15, -0.1) is 0 Å². The number of alkyl halides is 3. The van der Waals surface area contributed by atoms with E-state index >= 15 is 0 Å². The van der Waals surface area contributed by atoms with E-state index < -0.39 is 17.6 Å². The van der Waals surface area contributed by atoms with Gasteiger partial charge in [-0.3, -0.25) is 0 Å². The zero-order valence-corrected chi connectivity index (χ0v) is 9.77. The highest BCUT2D eigenvalue weighted by Crippen LogP contribution is 2.35. The lowest BCUT2D eigenvalue weighted by Gasteiger charge is -2.27. The Kier molecular flexibility index (Phi) is 3.47. The average Bonchev–Trinajstić information content (AvgIpc) is 2.18. The van der Waals surface area contributed by atoms with E-state index in [4.69, 9.17) is 4.74 Å². The largest absolute Gasteiger partial charge is 0.490 e. The quantitative estimate of drug-likeness (QED) is 0.847. The van der Waals surface area contributed by atoms with Crippen LogP contribution in [-0.4, -0.2) is 19.7 Å². The van der Waals surface area contributed by atoms with E-state index in [-0.39, 0.29) is 11.3 Å². The van der Waals surface area contributed by atoms with E-state index in [1.165, 1.54) is 6.92 Å². The molecule has 1 saturated heterocycles. The molecular weight excluding hydrogens is 250 g/mol. The van der Waals surface area contributed by atoms with Crippen LogP contribution in [0.3, 0.4) is 0 Å². The van der Waals surface area contributed by atoms with Gasteiger partial charge in [-0.25, -0.2) is 4.39 Å². The zero-order valence-electron chi connectivity index (χ0n) is 9.77. The van der Waals surface area contributed by atoms with E-state index in [1.54, 1.807) is 0 Å².